The number of nitrogens with two attached hydrogens (primary N) is 1. The molecule has 1 aliphatic rings. The van der Waals surface area contributed by atoms with Crippen LogP contribution in [0.3, 0.4) is 0 Å². The van der Waals surface area contributed by atoms with Gasteiger partial charge in [0.1, 0.15) is 5.41 Å². The average molecular weight is 444 g/mol. The summed E-state index contributed by atoms with van der Waals surface area (Å²) in [5, 5.41) is 3.09. The van der Waals surface area contributed by atoms with Gasteiger partial charge in [0.05, 0.1) is 18.0 Å². The maximum Gasteiger partial charge on any atom is 0.262 e. The molecule has 2 amide bonds. The van der Waals surface area contributed by atoms with Crippen LogP contribution in [0.15, 0.2) is 84.9 Å². The third-order valence-corrected chi connectivity index (χ3v) is 6.14. The number of rotatable bonds is 9. The Morgan fingerprint density at radius 3 is 1.70 bits per heavy atom. The molecule has 33 heavy (non-hydrogen) atoms. The lowest BCUT2D eigenvalue weighted by Crippen LogP contribution is -2.41. The van der Waals surface area contributed by atoms with Crippen molar-refractivity contribution in [2.75, 3.05) is 10.0 Å². The molecular formula is C27H29N3O3. The number of nitrogens with zero attached hydrogens (tertiary/aromatic N) is 2. The molecule has 1 aliphatic heterocycles. The first-order valence-corrected chi connectivity index (χ1v) is 11.3. The maximum absolute atomic E-state index is 14.1. The second-order valence-electron chi connectivity index (χ2n) is 8.39. The van der Waals surface area contributed by atoms with E-state index >= 15 is 0 Å². The number of anilines is 2. The van der Waals surface area contributed by atoms with Crippen LogP contribution in [0.4, 0.5) is 11.4 Å². The highest BCUT2D eigenvalue weighted by Gasteiger charge is 2.58. The highest BCUT2D eigenvalue weighted by Crippen LogP contribution is 2.43. The van der Waals surface area contributed by atoms with Crippen molar-refractivity contribution in [1.82, 2.24) is 0 Å². The third-order valence-electron chi connectivity index (χ3n) is 6.14. The highest BCUT2D eigenvalue weighted by atomic mass is 16.6. The number of carbonyl (C=O) groups excluding carboxylic acids is 2. The Kier molecular flexibility index (Phi) is 6.87. The van der Waals surface area contributed by atoms with Gasteiger partial charge in [-0.2, -0.15) is 0 Å². The van der Waals surface area contributed by atoms with Crippen molar-refractivity contribution in [2.24, 2.45) is 11.3 Å². The molecule has 3 aromatic carbocycles. The third kappa shape index (κ3) is 4.40. The summed E-state index contributed by atoms with van der Waals surface area (Å²) in [5.41, 5.74) is 2.04. The second-order valence-corrected chi connectivity index (χ2v) is 8.39. The first-order valence-electron chi connectivity index (χ1n) is 11.3. The summed E-state index contributed by atoms with van der Waals surface area (Å²) in [6, 6.07) is 26.5. The number of unbranched alkanes of at least 4 members (excludes halogenated alkanes) is 1. The van der Waals surface area contributed by atoms with E-state index in [1.165, 1.54) is 0 Å². The smallest absolute Gasteiger partial charge is 0.262 e. The van der Waals surface area contributed by atoms with Crippen LogP contribution in [0.2, 0.25) is 0 Å². The van der Waals surface area contributed by atoms with Crippen molar-refractivity contribution in [3.8, 4) is 0 Å². The molecule has 1 heterocycles. The lowest BCUT2D eigenvalue weighted by atomic mass is 9.76. The Hall–Kier alpha value is -3.48. The van der Waals surface area contributed by atoms with Crippen molar-refractivity contribution < 1.29 is 14.4 Å². The molecule has 2 N–H and O–H groups in total. The molecule has 4 rings (SSSR count). The zero-order valence-electron chi connectivity index (χ0n) is 18.8. The number of para-hydroxylation sites is 2. The molecule has 0 unspecified atom stereocenters. The van der Waals surface area contributed by atoms with Gasteiger partial charge < -0.3 is 0 Å². The summed E-state index contributed by atoms with van der Waals surface area (Å²) in [7, 11) is 0. The van der Waals surface area contributed by atoms with Gasteiger partial charge in [0.2, 0.25) is 0 Å². The predicted molar refractivity (Wildman–Crippen MR) is 129 cm³/mol. The quantitative estimate of drug-likeness (QED) is 0.381. The lowest BCUT2D eigenvalue weighted by molar-refractivity contribution is -0.135. The Labute approximate surface area is 194 Å². The van der Waals surface area contributed by atoms with Crippen LogP contribution in [0.25, 0.3) is 0 Å². The first kappa shape index (κ1) is 22.7. The van der Waals surface area contributed by atoms with Gasteiger partial charge in [-0.25, -0.2) is 15.9 Å². The Morgan fingerprint density at radius 1 is 0.758 bits per heavy atom. The van der Waals surface area contributed by atoms with Crippen molar-refractivity contribution >= 4 is 23.2 Å². The Balaban J connectivity index is 1.79. The SMILES string of the molecule is CCCCC1(Cc2ccc(CON)cc2)C(=O)N(c2ccccc2)N(c2ccccc2)C1=O. The fourth-order valence-corrected chi connectivity index (χ4v) is 4.41. The molecule has 1 fully saturated rings. The molecule has 6 heteroatoms. The van der Waals surface area contributed by atoms with E-state index in [2.05, 4.69) is 6.92 Å². The maximum atomic E-state index is 14.1. The van der Waals surface area contributed by atoms with Gasteiger partial charge >= 0.3 is 0 Å². The first-order chi connectivity index (χ1) is 16.1. The molecular weight excluding hydrogens is 414 g/mol. The van der Waals surface area contributed by atoms with Crippen molar-refractivity contribution in [2.45, 2.75) is 39.2 Å². The van der Waals surface area contributed by atoms with Gasteiger partial charge in [-0.3, -0.25) is 14.4 Å². The lowest BCUT2D eigenvalue weighted by Gasteiger charge is -2.27. The van der Waals surface area contributed by atoms with Gasteiger partial charge in [-0.05, 0) is 48.2 Å². The largest absolute Gasteiger partial charge is 0.300 e. The molecule has 3 aromatic rings. The summed E-state index contributed by atoms with van der Waals surface area (Å²) >= 11 is 0. The fourth-order valence-electron chi connectivity index (χ4n) is 4.41. The molecule has 6 nitrogen and oxygen atoms in total. The number of carbonyl (C=O) groups is 2. The predicted octanol–water partition coefficient (Wildman–Crippen LogP) is 4.79. The van der Waals surface area contributed by atoms with Gasteiger partial charge in [0.15, 0.2) is 0 Å². The molecule has 0 saturated carbocycles. The van der Waals surface area contributed by atoms with Gasteiger partial charge in [0.25, 0.3) is 11.8 Å². The normalized spacial score (nSPS) is 15.3. The summed E-state index contributed by atoms with van der Waals surface area (Å²) in [5.74, 6) is 4.80. The molecule has 0 aliphatic carbocycles. The van der Waals surface area contributed by atoms with E-state index in [9.17, 15) is 9.59 Å². The van der Waals surface area contributed by atoms with Gasteiger partial charge in [-0.1, -0.05) is 80.4 Å². The number of hydrazine groups is 1. The number of hydrogen-bond donors (Lipinski definition) is 1. The van der Waals surface area contributed by atoms with Crippen LogP contribution in [0.5, 0.6) is 0 Å². The highest BCUT2D eigenvalue weighted by molar-refractivity contribution is 6.26. The Morgan fingerprint density at radius 2 is 1.24 bits per heavy atom. The summed E-state index contributed by atoms with van der Waals surface area (Å²) < 4.78 is 0. The van der Waals surface area contributed by atoms with Crippen LogP contribution >= 0.6 is 0 Å². The molecule has 0 radical (unpaired) electrons. The summed E-state index contributed by atoms with van der Waals surface area (Å²) in [6.07, 6.45) is 2.50. The van der Waals surface area contributed by atoms with Crippen LogP contribution in [-0.4, -0.2) is 11.8 Å². The van der Waals surface area contributed by atoms with Crippen LogP contribution in [0, 0.1) is 5.41 Å². The van der Waals surface area contributed by atoms with E-state index in [0.29, 0.717) is 30.8 Å². The van der Waals surface area contributed by atoms with E-state index < -0.39 is 5.41 Å². The summed E-state index contributed by atoms with van der Waals surface area (Å²) in [6.45, 7) is 2.38. The molecule has 0 aromatic heterocycles. The molecule has 0 atom stereocenters. The Bertz CT molecular complexity index is 1030. The minimum atomic E-state index is -1.17. The minimum Gasteiger partial charge on any atom is -0.300 e. The van der Waals surface area contributed by atoms with Crippen LogP contribution in [0.1, 0.15) is 37.3 Å². The van der Waals surface area contributed by atoms with E-state index in [0.717, 1.165) is 24.0 Å². The average Bonchev–Trinajstić information content (AvgIpc) is 3.07. The van der Waals surface area contributed by atoms with Gasteiger partial charge in [0, 0.05) is 0 Å². The minimum absolute atomic E-state index is 0.189. The molecule has 0 spiro atoms. The molecule has 1 saturated heterocycles. The molecule has 170 valence electrons. The standard InChI is InChI=1S/C27H29N3O3/c1-2-3-18-27(19-21-14-16-22(17-15-21)20-33-28)25(31)29(23-10-6-4-7-11-23)30(26(27)32)24-12-8-5-9-13-24/h4-17H,2-3,18-20,28H2,1H3. The zero-order valence-corrected chi connectivity index (χ0v) is 18.8. The van der Waals surface area contributed by atoms with E-state index in [4.69, 9.17) is 10.7 Å². The monoisotopic (exact) mass is 443 g/mol. The number of amides is 2. The number of benzene rings is 3. The van der Waals surface area contributed by atoms with Crippen LogP contribution in [-0.2, 0) is 27.5 Å². The zero-order chi connectivity index (χ0) is 23.3. The summed E-state index contributed by atoms with van der Waals surface area (Å²) in [4.78, 5) is 33.0. The number of hydrogen-bond acceptors (Lipinski definition) is 4. The van der Waals surface area contributed by atoms with Crippen molar-refractivity contribution in [3.63, 3.8) is 0 Å². The van der Waals surface area contributed by atoms with Crippen molar-refractivity contribution in [1.29, 1.82) is 0 Å². The molecule has 0 bridgehead atoms. The van der Waals surface area contributed by atoms with Crippen molar-refractivity contribution in [3.05, 3.63) is 96.1 Å². The van der Waals surface area contributed by atoms with Gasteiger partial charge in [-0.15, -0.1) is 0 Å². The fraction of sp³-hybridized carbons (Fsp3) is 0.259. The topological polar surface area (TPSA) is 75.9 Å². The van der Waals surface area contributed by atoms with E-state index in [1.807, 2.05) is 84.9 Å². The van der Waals surface area contributed by atoms with E-state index in [1.54, 1.807) is 10.0 Å². The second kappa shape index (κ2) is 9.98. The van der Waals surface area contributed by atoms with E-state index in [-0.39, 0.29) is 11.8 Å². The van der Waals surface area contributed by atoms with Crippen LogP contribution < -0.4 is 15.9 Å².